The monoisotopic (exact) mass is 183 g/mol. The van der Waals surface area contributed by atoms with E-state index >= 15 is 0 Å². The van der Waals surface area contributed by atoms with Crippen molar-refractivity contribution in [2.75, 3.05) is 11.9 Å². The highest BCUT2D eigenvalue weighted by atomic mass is 19.1. The molecule has 3 heteroatoms. The number of benzene rings is 1. The summed E-state index contributed by atoms with van der Waals surface area (Å²) in [7, 11) is 0. The van der Waals surface area contributed by atoms with Gasteiger partial charge in [0.15, 0.2) is 0 Å². The van der Waals surface area contributed by atoms with E-state index in [4.69, 9.17) is 0 Å². The van der Waals surface area contributed by atoms with Gasteiger partial charge < -0.3 is 5.32 Å². The summed E-state index contributed by atoms with van der Waals surface area (Å²) in [6.45, 7) is 2.81. The topological polar surface area (TPSA) is 12.0 Å². The molecule has 1 N–H and O–H groups in total. The molecule has 1 aliphatic heterocycles. The molecule has 1 aromatic carbocycles. The van der Waals surface area contributed by atoms with Crippen molar-refractivity contribution < 1.29 is 8.78 Å². The number of hydrogen-bond acceptors (Lipinski definition) is 1. The van der Waals surface area contributed by atoms with Crippen LogP contribution in [0.1, 0.15) is 12.5 Å². The zero-order chi connectivity index (χ0) is 9.42. The lowest BCUT2D eigenvalue weighted by Gasteiger charge is -2.23. The Hall–Kier alpha value is -1.12. The molecule has 0 amide bonds. The summed E-state index contributed by atoms with van der Waals surface area (Å²) in [4.78, 5) is 0. The average molecular weight is 183 g/mol. The molecule has 1 aliphatic rings. The van der Waals surface area contributed by atoms with E-state index in [1.165, 1.54) is 6.07 Å². The van der Waals surface area contributed by atoms with E-state index in [0.717, 1.165) is 24.6 Å². The molecule has 0 spiro atoms. The molecule has 0 radical (unpaired) electrons. The largest absolute Gasteiger partial charge is 0.382 e. The number of halogens is 2. The molecule has 0 aliphatic carbocycles. The van der Waals surface area contributed by atoms with Gasteiger partial charge in [0.25, 0.3) is 0 Å². The van der Waals surface area contributed by atoms with E-state index in [1.807, 2.05) is 0 Å². The van der Waals surface area contributed by atoms with Gasteiger partial charge in [-0.3, -0.25) is 0 Å². The van der Waals surface area contributed by atoms with Crippen LogP contribution in [0.25, 0.3) is 0 Å². The Morgan fingerprint density at radius 2 is 2.15 bits per heavy atom. The molecule has 1 heterocycles. The first kappa shape index (κ1) is 8.48. The molecule has 1 atom stereocenters. The molecule has 1 unspecified atom stereocenters. The second-order valence-electron chi connectivity index (χ2n) is 3.61. The van der Waals surface area contributed by atoms with Crippen LogP contribution >= 0.6 is 0 Å². The minimum Gasteiger partial charge on any atom is -0.382 e. The number of anilines is 1. The Kier molecular flexibility index (Phi) is 1.94. The Balaban J connectivity index is 2.47. The summed E-state index contributed by atoms with van der Waals surface area (Å²) >= 11 is 0. The SMILES string of the molecule is CC1CNc2c(F)cc(F)cc2C1. The maximum Gasteiger partial charge on any atom is 0.149 e. The van der Waals surface area contributed by atoms with Crippen LogP contribution < -0.4 is 5.32 Å². The predicted molar refractivity (Wildman–Crippen MR) is 47.7 cm³/mol. The first-order valence-corrected chi connectivity index (χ1v) is 4.38. The molecular formula is C10H11F2N. The second kappa shape index (κ2) is 2.98. The zero-order valence-electron chi connectivity index (χ0n) is 7.40. The summed E-state index contributed by atoms with van der Waals surface area (Å²) < 4.78 is 26.0. The first-order chi connectivity index (χ1) is 6.16. The Morgan fingerprint density at radius 1 is 1.38 bits per heavy atom. The lowest BCUT2D eigenvalue weighted by molar-refractivity contribution is 0.550. The molecule has 1 aromatic rings. The molecule has 2 rings (SSSR count). The Bertz CT molecular complexity index is 336. The predicted octanol–water partition coefficient (Wildman–Crippen LogP) is 2.57. The van der Waals surface area contributed by atoms with E-state index in [9.17, 15) is 8.78 Å². The van der Waals surface area contributed by atoms with Crippen molar-refractivity contribution in [2.24, 2.45) is 5.92 Å². The van der Waals surface area contributed by atoms with Gasteiger partial charge in [0.2, 0.25) is 0 Å². The van der Waals surface area contributed by atoms with Gasteiger partial charge >= 0.3 is 0 Å². The van der Waals surface area contributed by atoms with Crippen LogP contribution in [0.2, 0.25) is 0 Å². The fourth-order valence-corrected chi connectivity index (χ4v) is 1.71. The highest BCUT2D eigenvalue weighted by Crippen LogP contribution is 2.28. The van der Waals surface area contributed by atoms with Crippen LogP contribution in [0.15, 0.2) is 12.1 Å². The van der Waals surface area contributed by atoms with Crippen LogP contribution in [0.4, 0.5) is 14.5 Å². The molecule has 0 fully saturated rings. The minimum atomic E-state index is -0.493. The van der Waals surface area contributed by atoms with Crippen molar-refractivity contribution in [3.63, 3.8) is 0 Å². The van der Waals surface area contributed by atoms with Crippen molar-refractivity contribution in [3.8, 4) is 0 Å². The number of fused-ring (bicyclic) bond motifs is 1. The molecular weight excluding hydrogens is 172 g/mol. The van der Waals surface area contributed by atoms with Crippen molar-refractivity contribution >= 4 is 5.69 Å². The molecule has 70 valence electrons. The fourth-order valence-electron chi connectivity index (χ4n) is 1.71. The number of hydrogen-bond donors (Lipinski definition) is 1. The summed E-state index contributed by atoms with van der Waals surface area (Å²) in [5, 5.41) is 2.97. The van der Waals surface area contributed by atoms with Crippen LogP contribution in [0, 0.1) is 17.6 Å². The van der Waals surface area contributed by atoms with Crippen LogP contribution in [-0.2, 0) is 6.42 Å². The average Bonchev–Trinajstić information content (AvgIpc) is 2.02. The van der Waals surface area contributed by atoms with E-state index < -0.39 is 11.6 Å². The van der Waals surface area contributed by atoms with Gasteiger partial charge in [-0.15, -0.1) is 0 Å². The highest BCUT2D eigenvalue weighted by Gasteiger charge is 2.18. The molecule has 0 saturated carbocycles. The summed E-state index contributed by atoms with van der Waals surface area (Å²) in [6.07, 6.45) is 0.747. The lowest BCUT2D eigenvalue weighted by atomic mass is 9.95. The summed E-state index contributed by atoms with van der Waals surface area (Å²) in [5.41, 5.74) is 1.22. The third-order valence-corrected chi connectivity index (χ3v) is 2.33. The number of rotatable bonds is 0. The third kappa shape index (κ3) is 1.50. The summed E-state index contributed by atoms with van der Waals surface area (Å²) in [5.74, 6) is -0.539. The maximum absolute atomic E-state index is 13.2. The van der Waals surface area contributed by atoms with Gasteiger partial charge in [-0.05, 0) is 24.0 Å². The fraction of sp³-hybridized carbons (Fsp3) is 0.400. The second-order valence-corrected chi connectivity index (χ2v) is 3.61. The molecule has 1 nitrogen and oxygen atoms in total. The third-order valence-electron chi connectivity index (χ3n) is 2.33. The van der Waals surface area contributed by atoms with Gasteiger partial charge in [0.05, 0.1) is 5.69 Å². The van der Waals surface area contributed by atoms with Crippen molar-refractivity contribution in [3.05, 3.63) is 29.3 Å². The van der Waals surface area contributed by atoms with Crippen LogP contribution in [-0.4, -0.2) is 6.54 Å². The van der Waals surface area contributed by atoms with Gasteiger partial charge in [-0.2, -0.15) is 0 Å². The number of nitrogens with one attached hydrogen (secondary N) is 1. The van der Waals surface area contributed by atoms with Gasteiger partial charge in [0, 0.05) is 12.6 Å². The minimum absolute atomic E-state index is 0.439. The van der Waals surface area contributed by atoms with E-state index in [1.54, 1.807) is 0 Å². The smallest absolute Gasteiger partial charge is 0.149 e. The highest BCUT2D eigenvalue weighted by molar-refractivity contribution is 5.54. The standard InChI is InChI=1S/C10H11F2N/c1-6-2-7-3-8(11)4-9(12)10(7)13-5-6/h3-4,6,13H,2,5H2,1H3. The lowest BCUT2D eigenvalue weighted by Crippen LogP contribution is -2.21. The van der Waals surface area contributed by atoms with E-state index in [0.29, 0.717) is 11.6 Å². The molecule has 0 saturated heterocycles. The normalized spacial score (nSPS) is 20.7. The Morgan fingerprint density at radius 3 is 2.92 bits per heavy atom. The van der Waals surface area contributed by atoms with Gasteiger partial charge in [0.1, 0.15) is 11.6 Å². The molecule has 0 aromatic heterocycles. The van der Waals surface area contributed by atoms with E-state index in [-0.39, 0.29) is 0 Å². The van der Waals surface area contributed by atoms with Gasteiger partial charge in [-0.1, -0.05) is 6.92 Å². The van der Waals surface area contributed by atoms with E-state index in [2.05, 4.69) is 12.2 Å². The van der Waals surface area contributed by atoms with Crippen molar-refractivity contribution in [1.29, 1.82) is 0 Å². The molecule has 13 heavy (non-hydrogen) atoms. The molecule has 0 bridgehead atoms. The van der Waals surface area contributed by atoms with Crippen molar-refractivity contribution in [2.45, 2.75) is 13.3 Å². The maximum atomic E-state index is 13.2. The Labute approximate surface area is 75.8 Å². The zero-order valence-corrected chi connectivity index (χ0v) is 7.40. The van der Waals surface area contributed by atoms with Crippen molar-refractivity contribution in [1.82, 2.24) is 0 Å². The summed E-state index contributed by atoms with van der Waals surface area (Å²) in [6, 6.07) is 2.32. The first-order valence-electron chi connectivity index (χ1n) is 4.38. The van der Waals surface area contributed by atoms with Gasteiger partial charge in [-0.25, -0.2) is 8.78 Å². The van der Waals surface area contributed by atoms with Crippen LogP contribution in [0.3, 0.4) is 0 Å². The van der Waals surface area contributed by atoms with Crippen LogP contribution in [0.5, 0.6) is 0 Å². The quantitative estimate of drug-likeness (QED) is 0.651.